The third-order valence-electron chi connectivity index (χ3n) is 5.00. The van der Waals surface area contributed by atoms with E-state index in [2.05, 4.69) is 15.3 Å². The molecule has 0 aliphatic carbocycles. The number of amidine groups is 2. The molecule has 1 aromatic rings. The van der Waals surface area contributed by atoms with Gasteiger partial charge in [-0.15, -0.1) is 0 Å². The molecule has 1 fully saturated rings. The summed E-state index contributed by atoms with van der Waals surface area (Å²) in [6.07, 6.45) is 0.891. The van der Waals surface area contributed by atoms with Crippen LogP contribution in [0.15, 0.2) is 28.2 Å². The van der Waals surface area contributed by atoms with Gasteiger partial charge in [0.05, 0.1) is 6.54 Å². The lowest BCUT2D eigenvalue weighted by Gasteiger charge is -2.46. The molecule has 0 bridgehead atoms. The number of aliphatic imine (C=N–C) groups is 2. The van der Waals surface area contributed by atoms with Gasteiger partial charge in [0.1, 0.15) is 29.1 Å². The van der Waals surface area contributed by atoms with Crippen molar-refractivity contribution < 1.29 is 18.3 Å². The smallest absolute Gasteiger partial charge is 0.251 e. The Kier molecular flexibility index (Phi) is 4.40. The Hall–Kier alpha value is -2.06. The van der Waals surface area contributed by atoms with Gasteiger partial charge in [0.25, 0.3) is 5.91 Å². The zero-order valence-corrected chi connectivity index (χ0v) is 14.6. The molecule has 1 saturated heterocycles. The van der Waals surface area contributed by atoms with Crippen molar-refractivity contribution in [3.05, 3.63) is 35.4 Å². The van der Waals surface area contributed by atoms with Gasteiger partial charge in [0.15, 0.2) is 5.29 Å². The number of amides is 1. The predicted octanol–water partition coefficient (Wildman–Crippen LogP) is 1.82. The van der Waals surface area contributed by atoms with E-state index in [9.17, 15) is 13.6 Å². The maximum atomic E-state index is 14.2. The van der Waals surface area contributed by atoms with E-state index >= 15 is 0 Å². The van der Waals surface area contributed by atoms with Crippen molar-refractivity contribution in [1.82, 2.24) is 10.2 Å². The summed E-state index contributed by atoms with van der Waals surface area (Å²) in [5.41, 5.74) is -0.703. The van der Waals surface area contributed by atoms with E-state index in [-0.39, 0.29) is 29.9 Å². The van der Waals surface area contributed by atoms with Crippen LogP contribution in [-0.2, 0) is 16.1 Å². The lowest BCUT2D eigenvalue weighted by atomic mass is 9.86. The summed E-state index contributed by atoms with van der Waals surface area (Å²) in [6.45, 7) is 1.10. The molecule has 1 unspecified atom stereocenters. The number of carbonyl (C=O) groups is 1. The Morgan fingerprint density at radius 3 is 2.85 bits per heavy atom. The van der Waals surface area contributed by atoms with Crippen molar-refractivity contribution >= 4 is 28.6 Å². The molecule has 4 rings (SSSR count). The number of carbonyl (C=O) groups excluding carboxylic acids is 1. The fraction of sp³-hybridized carbons (Fsp3) is 0.471. The van der Waals surface area contributed by atoms with E-state index in [4.69, 9.17) is 16.3 Å². The number of benzene rings is 1. The maximum absolute atomic E-state index is 14.2. The van der Waals surface area contributed by atoms with Gasteiger partial charge in [-0.3, -0.25) is 14.8 Å². The van der Waals surface area contributed by atoms with E-state index in [1.807, 2.05) is 0 Å². The van der Waals surface area contributed by atoms with Gasteiger partial charge in [0.2, 0.25) is 0 Å². The van der Waals surface area contributed by atoms with Gasteiger partial charge in [0, 0.05) is 44.2 Å². The summed E-state index contributed by atoms with van der Waals surface area (Å²) >= 11 is 5.98. The first-order valence-corrected chi connectivity index (χ1v) is 8.76. The average Bonchev–Trinajstić information content (AvgIpc) is 2.61. The fourth-order valence-corrected chi connectivity index (χ4v) is 3.73. The highest BCUT2D eigenvalue weighted by Gasteiger charge is 2.50. The van der Waals surface area contributed by atoms with E-state index in [0.29, 0.717) is 31.9 Å². The van der Waals surface area contributed by atoms with Crippen molar-refractivity contribution in [2.24, 2.45) is 9.98 Å². The van der Waals surface area contributed by atoms with Crippen LogP contribution in [0.25, 0.3) is 0 Å². The van der Waals surface area contributed by atoms with Crippen molar-refractivity contribution in [1.29, 1.82) is 0 Å². The van der Waals surface area contributed by atoms with E-state index in [0.717, 1.165) is 6.07 Å². The topological polar surface area (TPSA) is 66.3 Å². The molecule has 6 nitrogen and oxygen atoms in total. The molecule has 1 spiro atoms. The Labute approximate surface area is 153 Å². The Morgan fingerprint density at radius 2 is 2.12 bits per heavy atom. The zero-order valence-electron chi connectivity index (χ0n) is 13.8. The minimum atomic E-state index is -0.942. The molecule has 1 N–H and O–H groups in total. The largest absolute Gasteiger partial charge is 0.381 e. The number of nitrogens with one attached hydrogen (secondary N) is 1. The molecule has 0 saturated carbocycles. The molecule has 3 heterocycles. The van der Waals surface area contributed by atoms with Gasteiger partial charge in [-0.05, 0) is 17.7 Å². The molecule has 1 atom stereocenters. The molecule has 138 valence electrons. The second-order valence-corrected chi connectivity index (χ2v) is 6.94. The summed E-state index contributed by atoms with van der Waals surface area (Å²) in [5, 5.41) is 3.14. The van der Waals surface area contributed by atoms with Gasteiger partial charge >= 0.3 is 0 Å². The quantitative estimate of drug-likeness (QED) is 0.793. The van der Waals surface area contributed by atoms with Crippen LogP contribution in [0.3, 0.4) is 0 Å². The highest BCUT2D eigenvalue weighted by Crippen LogP contribution is 2.34. The minimum Gasteiger partial charge on any atom is -0.381 e. The predicted molar refractivity (Wildman–Crippen MR) is 92.2 cm³/mol. The molecule has 3 aliphatic rings. The first-order valence-electron chi connectivity index (χ1n) is 8.38. The normalized spacial score (nSPS) is 24.7. The third kappa shape index (κ3) is 2.97. The number of hydrogen-bond acceptors (Lipinski definition) is 5. The average molecular weight is 383 g/mol. The van der Waals surface area contributed by atoms with Crippen molar-refractivity contribution in [3.8, 4) is 0 Å². The molecule has 26 heavy (non-hydrogen) atoms. The molecule has 0 radical (unpaired) electrons. The second-order valence-electron chi connectivity index (χ2n) is 6.58. The first kappa shape index (κ1) is 17.4. The van der Waals surface area contributed by atoms with Crippen LogP contribution in [-0.4, -0.2) is 53.3 Å². The van der Waals surface area contributed by atoms with Crippen molar-refractivity contribution in [2.45, 2.75) is 31.0 Å². The Balaban J connectivity index is 1.72. The molecule has 1 aromatic carbocycles. The fourth-order valence-electron chi connectivity index (χ4n) is 3.57. The van der Waals surface area contributed by atoms with E-state index < -0.39 is 23.2 Å². The molecule has 9 heteroatoms. The molecular formula is C17H17ClF2N4O2. The van der Waals surface area contributed by atoms with Crippen LogP contribution in [0.1, 0.15) is 18.4 Å². The van der Waals surface area contributed by atoms with Crippen LogP contribution in [0.4, 0.5) is 8.78 Å². The monoisotopic (exact) mass is 382 g/mol. The number of rotatable bonds is 2. The number of halogens is 3. The van der Waals surface area contributed by atoms with Gasteiger partial charge in [-0.1, -0.05) is 6.07 Å². The van der Waals surface area contributed by atoms with Gasteiger partial charge in [-0.25, -0.2) is 8.78 Å². The number of fused-ring (bicyclic) bond motifs is 1. The van der Waals surface area contributed by atoms with Gasteiger partial charge in [-0.2, -0.15) is 0 Å². The Morgan fingerprint density at radius 1 is 1.35 bits per heavy atom. The summed E-state index contributed by atoms with van der Waals surface area (Å²) in [7, 11) is 0. The Bertz CT molecular complexity index is 808. The van der Waals surface area contributed by atoms with Crippen LogP contribution >= 0.6 is 11.6 Å². The van der Waals surface area contributed by atoms with Crippen molar-refractivity contribution in [3.63, 3.8) is 0 Å². The highest BCUT2D eigenvalue weighted by atomic mass is 35.5. The number of hydrogen-bond donors (Lipinski definition) is 1. The van der Waals surface area contributed by atoms with Crippen LogP contribution in [0.5, 0.6) is 0 Å². The summed E-state index contributed by atoms with van der Waals surface area (Å²) in [6, 6.07) is 2.90. The minimum absolute atomic E-state index is 0.00601. The second kappa shape index (κ2) is 6.59. The highest BCUT2D eigenvalue weighted by molar-refractivity contribution is 6.66. The van der Waals surface area contributed by atoms with Crippen LogP contribution < -0.4 is 5.32 Å². The zero-order chi connectivity index (χ0) is 18.3. The lowest BCUT2D eigenvalue weighted by Crippen LogP contribution is -2.64. The van der Waals surface area contributed by atoms with Crippen molar-refractivity contribution in [2.75, 3.05) is 19.8 Å². The van der Waals surface area contributed by atoms with E-state index in [1.165, 1.54) is 12.1 Å². The third-order valence-corrected chi connectivity index (χ3v) is 5.21. The SMILES string of the molecule is O=C1N(Cc2ccc(F)cc2F)C2CN=C(Cl)NC2=NC12CCOCC2. The summed E-state index contributed by atoms with van der Waals surface area (Å²) < 4.78 is 32.7. The van der Waals surface area contributed by atoms with E-state index in [1.54, 1.807) is 4.90 Å². The maximum Gasteiger partial charge on any atom is 0.251 e. The lowest BCUT2D eigenvalue weighted by molar-refractivity contribution is -0.143. The number of ether oxygens (including phenoxy) is 1. The van der Waals surface area contributed by atoms with Crippen LogP contribution in [0, 0.1) is 11.6 Å². The summed E-state index contributed by atoms with van der Waals surface area (Å²) in [4.78, 5) is 23.6. The van der Waals surface area contributed by atoms with Gasteiger partial charge < -0.3 is 15.0 Å². The molecule has 0 aromatic heterocycles. The number of nitrogens with zero attached hydrogens (tertiary/aromatic N) is 3. The molecular weight excluding hydrogens is 366 g/mol. The first-order chi connectivity index (χ1) is 12.5. The van der Waals surface area contributed by atoms with Crippen LogP contribution in [0.2, 0.25) is 0 Å². The molecule has 3 aliphatic heterocycles. The standard InChI is InChI=1S/C17H17ClF2N4O2/c18-16-21-8-13-14(22-16)23-17(3-5-26-6-4-17)15(25)24(13)9-10-1-2-11(19)7-12(10)20/h1-2,7,13H,3-6,8-9H2,(H,21,22,23). The molecule has 1 amide bonds. The summed E-state index contributed by atoms with van der Waals surface area (Å²) in [5.74, 6) is -0.981.